The largest absolute Gasteiger partial charge is 0.341 e. The highest BCUT2D eigenvalue weighted by molar-refractivity contribution is 5.97. The first-order chi connectivity index (χ1) is 12.7. The molecule has 0 bridgehead atoms. The van der Waals surface area contributed by atoms with Crippen molar-refractivity contribution in [3.05, 3.63) is 102 Å². The zero-order valence-electron chi connectivity index (χ0n) is 14.5. The molecular formula is C22H19N3O. The summed E-state index contributed by atoms with van der Waals surface area (Å²) in [6, 6.07) is 25.4. The fourth-order valence-electron chi connectivity index (χ4n) is 3.14. The van der Waals surface area contributed by atoms with Gasteiger partial charge in [-0.1, -0.05) is 60.7 Å². The quantitative estimate of drug-likeness (QED) is 0.608. The molecule has 0 saturated heterocycles. The van der Waals surface area contributed by atoms with Gasteiger partial charge in [0.15, 0.2) is 0 Å². The van der Waals surface area contributed by atoms with Crippen molar-refractivity contribution in [3.63, 3.8) is 0 Å². The summed E-state index contributed by atoms with van der Waals surface area (Å²) in [4.78, 5) is 17.2. The second kappa shape index (κ2) is 6.84. The van der Waals surface area contributed by atoms with E-state index >= 15 is 0 Å². The maximum Gasteiger partial charge on any atom is 0.252 e. The van der Waals surface area contributed by atoms with Crippen molar-refractivity contribution in [2.75, 3.05) is 0 Å². The Balaban J connectivity index is 1.67. The van der Waals surface area contributed by atoms with Gasteiger partial charge >= 0.3 is 0 Å². The zero-order valence-corrected chi connectivity index (χ0v) is 14.5. The Bertz CT molecular complexity index is 999. The molecule has 0 atom stereocenters. The topological polar surface area (TPSA) is 46.9 Å². The van der Waals surface area contributed by atoms with Crippen LogP contribution in [0, 0.1) is 0 Å². The van der Waals surface area contributed by atoms with Crippen molar-refractivity contribution >= 4 is 16.9 Å². The van der Waals surface area contributed by atoms with Gasteiger partial charge in [-0.15, -0.1) is 0 Å². The van der Waals surface area contributed by atoms with E-state index in [1.54, 1.807) is 6.33 Å². The van der Waals surface area contributed by atoms with Gasteiger partial charge in [-0.3, -0.25) is 4.79 Å². The van der Waals surface area contributed by atoms with E-state index in [4.69, 9.17) is 0 Å². The number of benzene rings is 3. The molecule has 0 unspecified atom stereocenters. The van der Waals surface area contributed by atoms with Gasteiger partial charge in [-0.2, -0.15) is 0 Å². The standard InChI is InChI=1S/C22H19N3O/c1-25-15-23-19-14-18(12-13-20(19)25)22(26)24-21(16-8-4-2-5-9-16)17-10-6-3-7-11-17/h2-15,21H,1H3,(H,24,26). The van der Waals surface area contributed by atoms with E-state index in [1.807, 2.05) is 90.5 Å². The number of hydrogen-bond donors (Lipinski definition) is 1. The van der Waals surface area contributed by atoms with Crippen molar-refractivity contribution in [1.82, 2.24) is 14.9 Å². The molecule has 1 heterocycles. The average Bonchev–Trinajstić information content (AvgIpc) is 3.07. The summed E-state index contributed by atoms with van der Waals surface area (Å²) in [6.45, 7) is 0. The monoisotopic (exact) mass is 341 g/mol. The summed E-state index contributed by atoms with van der Waals surface area (Å²) in [5.41, 5.74) is 4.52. The van der Waals surface area contributed by atoms with Crippen LogP contribution in [0.5, 0.6) is 0 Å². The summed E-state index contributed by atoms with van der Waals surface area (Å²) >= 11 is 0. The molecule has 1 aromatic heterocycles. The van der Waals surface area contributed by atoms with E-state index in [0.717, 1.165) is 22.2 Å². The second-order valence-corrected chi connectivity index (χ2v) is 6.29. The van der Waals surface area contributed by atoms with Crippen molar-refractivity contribution in [2.24, 2.45) is 7.05 Å². The van der Waals surface area contributed by atoms with Gasteiger partial charge in [-0.25, -0.2) is 4.98 Å². The van der Waals surface area contributed by atoms with E-state index in [1.165, 1.54) is 0 Å². The Kier molecular flexibility index (Phi) is 4.23. The Hall–Kier alpha value is -3.40. The minimum absolute atomic E-state index is 0.116. The van der Waals surface area contributed by atoms with Crippen LogP contribution in [0.25, 0.3) is 11.0 Å². The van der Waals surface area contributed by atoms with Crippen LogP contribution in [-0.4, -0.2) is 15.5 Å². The molecule has 0 radical (unpaired) electrons. The van der Waals surface area contributed by atoms with Gasteiger partial charge in [-0.05, 0) is 29.3 Å². The number of aryl methyl sites for hydroxylation is 1. The maximum atomic E-state index is 12.9. The maximum absolute atomic E-state index is 12.9. The number of aromatic nitrogens is 2. The molecule has 26 heavy (non-hydrogen) atoms. The van der Waals surface area contributed by atoms with Gasteiger partial charge < -0.3 is 9.88 Å². The minimum Gasteiger partial charge on any atom is -0.341 e. The number of amides is 1. The second-order valence-electron chi connectivity index (χ2n) is 6.29. The van der Waals surface area contributed by atoms with Gasteiger partial charge in [0.1, 0.15) is 0 Å². The van der Waals surface area contributed by atoms with E-state index in [-0.39, 0.29) is 11.9 Å². The molecule has 4 heteroatoms. The summed E-state index contributed by atoms with van der Waals surface area (Å²) in [5, 5.41) is 3.16. The van der Waals surface area contributed by atoms with Crippen LogP contribution in [0.4, 0.5) is 0 Å². The molecule has 0 saturated carbocycles. The minimum atomic E-state index is -0.204. The first-order valence-corrected chi connectivity index (χ1v) is 8.54. The number of nitrogens with zero attached hydrogens (tertiary/aromatic N) is 2. The van der Waals surface area contributed by atoms with Crippen molar-refractivity contribution in [2.45, 2.75) is 6.04 Å². The molecule has 1 amide bonds. The summed E-state index contributed by atoms with van der Waals surface area (Å²) in [7, 11) is 1.94. The lowest BCUT2D eigenvalue weighted by atomic mass is 9.98. The molecule has 1 N–H and O–H groups in total. The lowest BCUT2D eigenvalue weighted by molar-refractivity contribution is 0.0943. The summed E-state index contributed by atoms with van der Waals surface area (Å²) in [6.07, 6.45) is 1.75. The van der Waals surface area contributed by atoms with Crippen LogP contribution in [0.1, 0.15) is 27.5 Å². The van der Waals surface area contributed by atoms with Crippen molar-refractivity contribution in [3.8, 4) is 0 Å². The summed E-state index contributed by atoms with van der Waals surface area (Å²) in [5.74, 6) is -0.116. The van der Waals surface area contributed by atoms with E-state index in [2.05, 4.69) is 10.3 Å². The lowest BCUT2D eigenvalue weighted by Gasteiger charge is -2.20. The number of imidazole rings is 1. The van der Waals surface area contributed by atoms with E-state index < -0.39 is 0 Å². The fourth-order valence-corrected chi connectivity index (χ4v) is 3.14. The third kappa shape index (κ3) is 3.09. The number of nitrogens with one attached hydrogen (secondary N) is 1. The SMILES string of the molecule is Cn1cnc2cc(C(=O)NC(c3ccccc3)c3ccccc3)ccc21. The predicted molar refractivity (Wildman–Crippen MR) is 103 cm³/mol. The third-order valence-corrected chi connectivity index (χ3v) is 4.53. The molecule has 4 nitrogen and oxygen atoms in total. The third-order valence-electron chi connectivity index (χ3n) is 4.53. The number of hydrogen-bond acceptors (Lipinski definition) is 2. The Labute approximate surface area is 152 Å². The van der Waals surface area contributed by atoms with Crippen LogP contribution in [0.15, 0.2) is 85.2 Å². The molecule has 0 aliphatic heterocycles. The number of carbonyl (C=O) groups excluding carboxylic acids is 1. The first-order valence-electron chi connectivity index (χ1n) is 8.54. The molecule has 3 aromatic carbocycles. The highest BCUT2D eigenvalue weighted by Gasteiger charge is 2.18. The molecular weight excluding hydrogens is 322 g/mol. The summed E-state index contributed by atoms with van der Waals surface area (Å²) < 4.78 is 1.94. The van der Waals surface area contributed by atoms with E-state index in [0.29, 0.717) is 5.56 Å². The predicted octanol–water partition coefficient (Wildman–Crippen LogP) is 4.09. The van der Waals surface area contributed by atoms with Crippen molar-refractivity contribution in [1.29, 1.82) is 0 Å². The van der Waals surface area contributed by atoms with Crippen LogP contribution in [-0.2, 0) is 7.05 Å². The van der Waals surface area contributed by atoms with Crippen molar-refractivity contribution < 1.29 is 4.79 Å². The molecule has 128 valence electrons. The molecule has 0 aliphatic carbocycles. The molecule has 0 aliphatic rings. The van der Waals surface area contributed by atoms with Crippen LogP contribution < -0.4 is 5.32 Å². The van der Waals surface area contributed by atoms with Gasteiger partial charge in [0.25, 0.3) is 5.91 Å². The Morgan fingerprint density at radius 3 is 2.15 bits per heavy atom. The van der Waals surface area contributed by atoms with E-state index in [9.17, 15) is 4.79 Å². The Morgan fingerprint density at radius 1 is 0.923 bits per heavy atom. The average molecular weight is 341 g/mol. The number of rotatable bonds is 4. The molecule has 4 aromatic rings. The van der Waals surface area contributed by atoms with Crippen LogP contribution in [0.2, 0.25) is 0 Å². The Morgan fingerprint density at radius 2 is 1.54 bits per heavy atom. The van der Waals surface area contributed by atoms with Gasteiger partial charge in [0.05, 0.1) is 23.4 Å². The molecule has 4 rings (SSSR count). The van der Waals surface area contributed by atoms with Crippen LogP contribution >= 0.6 is 0 Å². The normalized spacial score (nSPS) is 11.0. The smallest absolute Gasteiger partial charge is 0.252 e. The number of fused-ring (bicyclic) bond motifs is 1. The molecule has 0 spiro atoms. The zero-order chi connectivity index (χ0) is 17.9. The van der Waals surface area contributed by atoms with Gasteiger partial charge in [0.2, 0.25) is 0 Å². The van der Waals surface area contributed by atoms with Gasteiger partial charge in [0, 0.05) is 12.6 Å². The lowest BCUT2D eigenvalue weighted by Crippen LogP contribution is -2.29. The molecule has 0 fully saturated rings. The highest BCUT2D eigenvalue weighted by Crippen LogP contribution is 2.23. The first kappa shape index (κ1) is 16.1. The fraction of sp³-hybridized carbons (Fsp3) is 0.0909. The highest BCUT2D eigenvalue weighted by atomic mass is 16.1. The number of carbonyl (C=O) groups is 1. The van der Waals surface area contributed by atoms with Crippen LogP contribution in [0.3, 0.4) is 0 Å².